The Morgan fingerprint density at radius 2 is 2.33 bits per heavy atom. The number of aliphatic hydroxyl groups excluding tert-OH is 1. The third kappa shape index (κ3) is 2.60. The van der Waals surface area contributed by atoms with E-state index in [-0.39, 0.29) is 6.61 Å². The maximum absolute atomic E-state index is 8.73. The Kier molecular flexibility index (Phi) is 3.78. The Hall–Kier alpha value is -0.380. The zero-order valence-corrected chi connectivity index (χ0v) is 10.3. The molecule has 1 aliphatic rings. The van der Waals surface area contributed by atoms with E-state index in [0.29, 0.717) is 6.04 Å². The highest BCUT2D eigenvalue weighted by Gasteiger charge is 2.21. The zero-order valence-electron chi connectivity index (χ0n) is 8.67. The lowest BCUT2D eigenvalue weighted by Crippen LogP contribution is -2.21. The monoisotopic (exact) mass is 269 g/mol. The van der Waals surface area contributed by atoms with Crippen LogP contribution in [0.2, 0.25) is 0 Å². The lowest BCUT2D eigenvalue weighted by atomic mass is 10.1. The fraction of sp³-hybridized carbons (Fsp3) is 0.500. The SMILES string of the molecule is OCCCNC1CCc2cc(Br)ccc21. The molecule has 2 nitrogen and oxygen atoms in total. The van der Waals surface area contributed by atoms with Gasteiger partial charge in [-0.25, -0.2) is 0 Å². The van der Waals surface area contributed by atoms with Gasteiger partial charge in [0.15, 0.2) is 0 Å². The first kappa shape index (κ1) is 11.1. The van der Waals surface area contributed by atoms with Gasteiger partial charge in [0.2, 0.25) is 0 Å². The van der Waals surface area contributed by atoms with Gasteiger partial charge in [0.1, 0.15) is 0 Å². The van der Waals surface area contributed by atoms with Gasteiger partial charge in [-0.15, -0.1) is 0 Å². The molecule has 1 aromatic carbocycles. The minimum atomic E-state index is 0.271. The van der Waals surface area contributed by atoms with Crippen molar-refractivity contribution in [1.82, 2.24) is 5.32 Å². The van der Waals surface area contributed by atoms with Gasteiger partial charge in [0.25, 0.3) is 0 Å². The maximum Gasteiger partial charge on any atom is 0.0443 e. The molecule has 0 spiro atoms. The summed E-state index contributed by atoms with van der Waals surface area (Å²) in [7, 11) is 0. The van der Waals surface area contributed by atoms with Crippen LogP contribution < -0.4 is 5.32 Å². The number of fused-ring (bicyclic) bond motifs is 1. The molecular formula is C12H16BrNO. The van der Waals surface area contributed by atoms with Crippen LogP contribution in [0.5, 0.6) is 0 Å². The number of hydrogen-bond acceptors (Lipinski definition) is 2. The second kappa shape index (κ2) is 5.10. The molecule has 2 rings (SSSR count). The molecule has 0 saturated carbocycles. The number of benzene rings is 1. The lowest BCUT2D eigenvalue weighted by Gasteiger charge is -2.13. The van der Waals surface area contributed by atoms with Gasteiger partial charge in [0.05, 0.1) is 0 Å². The summed E-state index contributed by atoms with van der Waals surface area (Å²) >= 11 is 3.50. The van der Waals surface area contributed by atoms with Crippen molar-refractivity contribution in [1.29, 1.82) is 0 Å². The molecule has 0 saturated heterocycles. The standard InChI is InChI=1S/C12H16BrNO/c13-10-3-4-11-9(8-10)2-5-12(11)14-6-1-7-15/h3-4,8,12,14-15H,1-2,5-7H2. The zero-order chi connectivity index (χ0) is 10.7. The Morgan fingerprint density at radius 3 is 3.13 bits per heavy atom. The Morgan fingerprint density at radius 1 is 1.47 bits per heavy atom. The number of aryl methyl sites for hydroxylation is 1. The average Bonchev–Trinajstić information content (AvgIpc) is 2.61. The number of rotatable bonds is 4. The van der Waals surface area contributed by atoms with Gasteiger partial charge in [-0.1, -0.05) is 22.0 Å². The van der Waals surface area contributed by atoms with Gasteiger partial charge in [-0.2, -0.15) is 0 Å². The van der Waals surface area contributed by atoms with Crippen molar-refractivity contribution >= 4 is 15.9 Å². The first-order valence-corrected chi connectivity index (χ1v) is 6.23. The van der Waals surface area contributed by atoms with Gasteiger partial charge < -0.3 is 10.4 Å². The fourth-order valence-corrected chi connectivity index (χ4v) is 2.56. The summed E-state index contributed by atoms with van der Waals surface area (Å²) in [6, 6.07) is 7.00. The number of nitrogens with one attached hydrogen (secondary N) is 1. The predicted octanol–water partition coefficient (Wildman–Crippen LogP) is 2.41. The topological polar surface area (TPSA) is 32.3 Å². The van der Waals surface area contributed by atoms with Crippen molar-refractivity contribution in [2.24, 2.45) is 0 Å². The van der Waals surface area contributed by atoms with E-state index in [4.69, 9.17) is 5.11 Å². The van der Waals surface area contributed by atoms with Crippen LogP contribution in [0.1, 0.15) is 30.0 Å². The molecule has 1 unspecified atom stereocenters. The third-order valence-electron chi connectivity index (χ3n) is 2.91. The fourth-order valence-electron chi connectivity index (χ4n) is 2.15. The van der Waals surface area contributed by atoms with Crippen molar-refractivity contribution < 1.29 is 5.11 Å². The molecule has 0 aliphatic heterocycles. The van der Waals surface area contributed by atoms with E-state index in [1.54, 1.807) is 0 Å². The smallest absolute Gasteiger partial charge is 0.0443 e. The van der Waals surface area contributed by atoms with Crippen molar-refractivity contribution in [3.8, 4) is 0 Å². The summed E-state index contributed by atoms with van der Waals surface area (Å²) in [5.41, 5.74) is 2.88. The molecule has 0 bridgehead atoms. The molecule has 2 N–H and O–H groups in total. The van der Waals surface area contributed by atoms with Crippen LogP contribution in [-0.4, -0.2) is 18.3 Å². The Balaban J connectivity index is 2.02. The van der Waals surface area contributed by atoms with E-state index in [9.17, 15) is 0 Å². The van der Waals surface area contributed by atoms with E-state index < -0.39 is 0 Å². The van der Waals surface area contributed by atoms with Crippen LogP contribution in [0.25, 0.3) is 0 Å². The molecule has 0 radical (unpaired) electrons. The molecular weight excluding hydrogens is 254 g/mol. The molecule has 0 heterocycles. The van der Waals surface area contributed by atoms with Gasteiger partial charge in [-0.3, -0.25) is 0 Å². The van der Waals surface area contributed by atoms with Gasteiger partial charge in [0, 0.05) is 17.1 Å². The highest BCUT2D eigenvalue weighted by molar-refractivity contribution is 9.10. The molecule has 15 heavy (non-hydrogen) atoms. The number of aliphatic hydroxyl groups is 1. The highest BCUT2D eigenvalue weighted by Crippen LogP contribution is 2.32. The summed E-state index contributed by atoms with van der Waals surface area (Å²) in [6.45, 7) is 1.17. The average molecular weight is 270 g/mol. The van der Waals surface area contributed by atoms with Crippen LogP contribution in [0.15, 0.2) is 22.7 Å². The van der Waals surface area contributed by atoms with E-state index >= 15 is 0 Å². The van der Waals surface area contributed by atoms with Crippen LogP contribution >= 0.6 is 15.9 Å². The summed E-state index contributed by atoms with van der Waals surface area (Å²) in [5.74, 6) is 0. The van der Waals surface area contributed by atoms with Crippen molar-refractivity contribution in [3.05, 3.63) is 33.8 Å². The van der Waals surface area contributed by atoms with E-state index in [0.717, 1.165) is 23.9 Å². The summed E-state index contributed by atoms with van der Waals surface area (Å²) in [5, 5.41) is 12.2. The van der Waals surface area contributed by atoms with Gasteiger partial charge in [-0.05, 0) is 49.1 Å². The maximum atomic E-state index is 8.73. The largest absolute Gasteiger partial charge is 0.396 e. The van der Waals surface area contributed by atoms with Crippen molar-refractivity contribution in [2.45, 2.75) is 25.3 Å². The van der Waals surface area contributed by atoms with Crippen molar-refractivity contribution in [3.63, 3.8) is 0 Å². The molecule has 82 valence electrons. The first-order valence-electron chi connectivity index (χ1n) is 5.44. The van der Waals surface area contributed by atoms with Crippen LogP contribution in [0.4, 0.5) is 0 Å². The third-order valence-corrected chi connectivity index (χ3v) is 3.40. The minimum absolute atomic E-state index is 0.271. The second-order valence-corrected chi connectivity index (χ2v) is 4.88. The van der Waals surface area contributed by atoms with Crippen LogP contribution in [0, 0.1) is 0 Å². The molecule has 0 fully saturated rings. The molecule has 1 aromatic rings. The predicted molar refractivity (Wildman–Crippen MR) is 64.9 cm³/mol. The lowest BCUT2D eigenvalue weighted by molar-refractivity contribution is 0.283. The molecule has 0 aromatic heterocycles. The summed E-state index contributed by atoms with van der Waals surface area (Å²) < 4.78 is 1.16. The summed E-state index contributed by atoms with van der Waals surface area (Å²) in [6.07, 6.45) is 3.17. The molecule has 1 aliphatic carbocycles. The van der Waals surface area contributed by atoms with E-state index in [1.807, 2.05) is 0 Å². The van der Waals surface area contributed by atoms with Crippen LogP contribution in [-0.2, 0) is 6.42 Å². The number of halogens is 1. The van der Waals surface area contributed by atoms with Crippen molar-refractivity contribution in [2.75, 3.05) is 13.2 Å². The molecule has 1 atom stereocenters. The van der Waals surface area contributed by atoms with E-state index in [2.05, 4.69) is 39.4 Å². The normalized spacial score (nSPS) is 19.2. The molecule has 0 amide bonds. The second-order valence-electron chi connectivity index (χ2n) is 3.97. The first-order chi connectivity index (χ1) is 7.31. The Labute approximate surface area is 98.8 Å². The Bertz CT molecular complexity index is 340. The summed E-state index contributed by atoms with van der Waals surface area (Å²) in [4.78, 5) is 0. The van der Waals surface area contributed by atoms with Gasteiger partial charge >= 0.3 is 0 Å². The quantitative estimate of drug-likeness (QED) is 0.823. The minimum Gasteiger partial charge on any atom is -0.396 e. The van der Waals surface area contributed by atoms with E-state index in [1.165, 1.54) is 17.5 Å². The highest BCUT2D eigenvalue weighted by atomic mass is 79.9. The van der Waals surface area contributed by atoms with Crippen LogP contribution in [0.3, 0.4) is 0 Å². The number of hydrogen-bond donors (Lipinski definition) is 2. The molecule has 3 heteroatoms.